The van der Waals surface area contributed by atoms with E-state index in [0.29, 0.717) is 0 Å². The second kappa shape index (κ2) is 10.6. The van der Waals surface area contributed by atoms with Crippen LogP contribution in [0.5, 0.6) is 0 Å². The number of ether oxygens (including phenoxy) is 1. The number of anilines is 1. The first-order valence-electron chi connectivity index (χ1n) is 9.72. The summed E-state index contributed by atoms with van der Waals surface area (Å²) in [5.74, 6) is -1.20. The molecule has 0 radical (unpaired) electrons. The van der Waals surface area contributed by atoms with Crippen LogP contribution in [0.4, 0.5) is 19.3 Å². The Morgan fingerprint density at radius 3 is 2.48 bits per heavy atom. The van der Waals surface area contributed by atoms with Gasteiger partial charge in [0.1, 0.15) is 17.7 Å². The third kappa shape index (κ3) is 6.59. The number of rotatable bonds is 7. The number of halogens is 2. The highest BCUT2D eigenvalue weighted by Gasteiger charge is 2.29. The summed E-state index contributed by atoms with van der Waals surface area (Å²) in [4.78, 5) is 24.3. The van der Waals surface area contributed by atoms with Crippen LogP contribution in [0, 0.1) is 11.6 Å². The minimum atomic E-state index is -0.772. The Morgan fingerprint density at radius 2 is 1.77 bits per heavy atom. The molecule has 1 aliphatic rings. The Bertz CT molecular complexity index is 937. The maximum Gasteiger partial charge on any atom is 0.319 e. The van der Waals surface area contributed by atoms with Crippen molar-refractivity contribution in [3.8, 4) is 0 Å². The smallest absolute Gasteiger partial charge is 0.319 e. The quantitative estimate of drug-likeness (QED) is 0.506. The summed E-state index contributed by atoms with van der Waals surface area (Å²) in [5, 5.41) is 17.3. The first kappa shape index (κ1) is 22.4. The zero-order valence-corrected chi connectivity index (χ0v) is 16.6. The minimum absolute atomic E-state index is 0.0162. The molecule has 2 aromatic rings. The molecule has 1 aliphatic heterocycles. The van der Waals surface area contributed by atoms with Crippen molar-refractivity contribution in [1.29, 1.82) is 0 Å². The lowest BCUT2D eigenvalue weighted by atomic mass is 10.0. The van der Waals surface area contributed by atoms with Crippen LogP contribution in [0.1, 0.15) is 12.0 Å². The molecule has 9 heteroatoms. The van der Waals surface area contributed by atoms with Crippen molar-refractivity contribution < 1.29 is 28.2 Å². The zero-order valence-electron chi connectivity index (χ0n) is 16.6. The van der Waals surface area contributed by atoms with Crippen LogP contribution < -0.4 is 16.0 Å². The zero-order chi connectivity index (χ0) is 22.2. The van der Waals surface area contributed by atoms with Crippen molar-refractivity contribution in [3.63, 3.8) is 0 Å². The topological polar surface area (TPSA) is 99.7 Å². The molecule has 1 heterocycles. The summed E-state index contributed by atoms with van der Waals surface area (Å²) in [5.41, 5.74) is 0.783. The molecule has 0 saturated heterocycles. The van der Waals surface area contributed by atoms with E-state index < -0.39 is 30.1 Å². The van der Waals surface area contributed by atoms with E-state index in [1.54, 1.807) is 30.4 Å². The van der Waals surface area contributed by atoms with E-state index in [1.807, 2.05) is 0 Å². The van der Waals surface area contributed by atoms with Gasteiger partial charge in [-0.2, -0.15) is 0 Å². The van der Waals surface area contributed by atoms with Crippen molar-refractivity contribution in [2.75, 3.05) is 11.9 Å². The Labute approximate surface area is 178 Å². The number of urea groups is 1. The number of carbonyl (C=O) groups excluding carboxylic acids is 2. The summed E-state index contributed by atoms with van der Waals surface area (Å²) < 4.78 is 32.3. The molecule has 0 fully saturated rings. The number of amides is 3. The lowest BCUT2D eigenvalue weighted by Crippen LogP contribution is -2.50. The van der Waals surface area contributed by atoms with Gasteiger partial charge in [0.25, 0.3) is 0 Å². The van der Waals surface area contributed by atoms with E-state index in [4.69, 9.17) is 4.74 Å². The van der Waals surface area contributed by atoms with Gasteiger partial charge < -0.3 is 25.8 Å². The van der Waals surface area contributed by atoms with Gasteiger partial charge in [0.15, 0.2) is 0 Å². The summed E-state index contributed by atoms with van der Waals surface area (Å²) in [7, 11) is 0. The van der Waals surface area contributed by atoms with Crippen LogP contribution >= 0.6 is 0 Å². The van der Waals surface area contributed by atoms with Gasteiger partial charge in [0, 0.05) is 6.54 Å². The third-order valence-corrected chi connectivity index (χ3v) is 4.67. The molecule has 0 unspecified atom stereocenters. The lowest BCUT2D eigenvalue weighted by Gasteiger charge is -2.31. The van der Waals surface area contributed by atoms with Crippen molar-refractivity contribution in [1.82, 2.24) is 10.6 Å². The molecule has 4 N–H and O–H groups in total. The van der Waals surface area contributed by atoms with Crippen LogP contribution in [0.15, 0.2) is 60.7 Å². The normalized spacial score (nSPS) is 20.2. The Kier molecular flexibility index (Phi) is 7.69. The Hall–Kier alpha value is -3.30. The fraction of sp³-hybridized carbons (Fsp3) is 0.273. The molecule has 0 aliphatic carbocycles. The van der Waals surface area contributed by atoms with Crippen molar-refractivity contribution in [2.45, 2.75) is 31.2 Å². The maximum atomic E-state index is 13.7. The van der Waals surface area contributed by atoms with Gasteiger partial charge in [0.2, 0.25) is 5.91 Å². The number of benzene rings is 2. The molecule has 3 amide bonds. The number of nitrogens with one attached hydrogen (secondary N) is 3. The van der Waals surface area contributed by atoms with Gasteiger partial charge in [-0.1, -0.05) is 36.4 Å². The maximum absolute atomic E-state index is 13.7. The number of carbonyl (C=O) groups is 2. The van der Waals surface area contributed by atoms with E-state index in [-0.39, 0.29) is 37.0 Å². The predicted molar refractivity (Wildman–Crippen MR) is 110 cm³/mol. The average molecular weight is 431 g/mol. The van der Waals surface area contributed by atoms with E-state index >= 15 is 0 Å². The van der Waals surface area contributed by atoms with Gasteiger partial charge in [-0.05, 0) is 29.8 Å². The largest absolute Gasteiger partial charge is 0.394 e. The number of aliphatic hydroxyl groups excluding tert-OH is 1. The van der Waals surface area contributed by atoms with Gasteiger partial charge in [-0.15, -0.1) is 0 Å². The molecular weight excluding hydrogens is 408 g/mol. The first-order chi connectivity index (χ1) is 14.9. The van der Waals surface area contributed by atoms with E-state index in [0.717, 1.165) is 5.56 Å². The predicted octanol–water partition coefficient (Wildman–Crippen LogP) is 2.48. The molecule has 0 spiro atoms. The molecule has 0 bridgehead atoms. The van der Waals surface area contributed by atoms with Gasteiger partial charge in [-0.3, -0.25) is 4.79 Å². The molecule has 3 rings (SSSR count). The van der Waals surface area contributed by atoms with Crippen LogP contribution in [-0.4, -0.2) is 41.9 Å². The Balaban J connectivity index is 1.49. The van der Waals surface area contributed by atoms with Gasteiger partial charge in [0.05, 0.1) is 30.9 Å². The molecule has 0 aromatic heterocycles. The summed E-state index contributed by atoms with van der Waals surface area (Å²) >= 11 is 0. The standard InChI is InChI=1S/C22H23F2N3O4/c23-15-7-5-14(6-8-15)12-25-21(29)11-16-9-10-19(20(13-28)31-16)27-22(30)26-18-4-2-1-3-17(18)24/h1-10,16,19-20,28H,11-13H2,(H,25,29)(H2,26,27,30)/t16-,19+,20+/m1/s1. The summed E-state index contributed by atoms with van der Waals surface area (Å²) in [6.45, 7) is -0.137. The highest BCUT2D eigenvalue weighted by Crippen LogP contribution is 2.17. The minimum Gasteiger partial charge on any atom is -0.394 e. The molecule has 7 nitrogen and oxygen atoms in total. The van der Waals surface area contributed by atoms with Crippen LogP contribution in [0.3, 0.4) is 0 Å². The second-order valence-electron chi connectivity index (χ2n) is 6.99. The van der Waals surface area contributed by atoms with E-state index in [1.165, 1.54) is 30.3 Å². The number of hydrogen-bond donors (Lipinski definition) is 4. The molecule has 0 saturated carbocycles. The molecule has 31 heavy (non-hydrogen) atoms. The van der Waals surface area contributed by atoms with E-state index in [2.05, 4.69) is 16.0 Å². The first-order valence-corrected chi connectivity index (χ1v) is 9.72. The van der Waals surface area contributed by atoms with Gasteiger partial charge in [-0.25, -0.2) is 13.6 Å². The summed E-state index contributed by atoms with van der Waals surface area (Å²) in [6.07, 6.45) is 1.91. The molecule has 2 aromatic carbocycles. The highest BCUT2D eigenvalue weighted by molar-refractivity contribution is 5.89. The van der Waals surface area contributed by atoms with Crippen LogP contribution in [0.25, 0.3) is 0 Å². The summed E-state index contributed by atoms with van der Waals surface area (Å²) in [6, 6.07) is 10.2. The second-order valence-corrected chi connectivity index (χ2v) is 6.99. The SMILES string of the molecule is O=C(C[C@H]1C=C[C@H](NC(=O)Nc2ccccc2F)[C@H](CO)O1)NCc1ccc(F)cc1. The monoisotopic (exact) mass is 431 g/mol. The Morgan fingerprint density at radius 1 is 1.03 bits per heavy atom. The molecule has 164 valence electrons. The third-order valence-electron chi connectivity index (χ3n) is 4.67. The van der Waals surface area contributed by atoms with E-state index in [9.17, 15) is 23.5 Å². The average Bonchev–Trinajstić information content (AvgIpc) is 2.76. The number of hydrogen-bond acceptors (Lipinski definition) is 4. The number of para-hydroxylation sites is 1. The molecular formula is C22H23F2N3O4. The number of aliphatic hydroxyl groups is 1. The fourth-order valence-corrected chi connectivity index (χ4v) is 3.07. The van der Waals surface area contributed by atoms with Crippen LogP contribution in [0.2, 0.25) is 0 Å². The van der Waals surface area contributed by atoms with Crippen molar-refractivity contribution in [2.24, 2.45) is 0 Å². The van der Waals surface area contributed by atoms with Crippen molar-refractivity contribution >= 4 is 17.6 Å². The van der Waals surface area contributed by atoms with Crippen LogP contribution in [-0.2, 0) is 16.1 Å². The lowest BCUT2D eigenvalue weighted by molar-refractivity contribution is -0.125. The fourth-order valence-electron chi connectivity index (χ4n) is 3.07. The van der Waals surface area contributed by atoms with Gasteiger partial charge >= 0.3 is 6.03 Å². The highest BCUT2D eigenvalue weighted by atomic mass is 19.1. The van der Waals surface area contributed by atoms with Crippen molar-refractivity contribution in [3.05, 3.63) is 77.9 Å². The molecule has 3 atom stereocenters.